The van der Waals surface area contributed by atoms with Crippen LogP contribution in [0.25, 0.3) is 0 Å². The van der Waals surface area contributed by atoms with E-state index in [1.54, 1.807) is 0 Å². The molecular weight excluding hydrogens is 758 g/mol. The zero-order valence-corrected chi connectivity index (χ0v) is 23.0. The minimum absolute atomic E-state index is 0.324. The summed E-state index contributed by atoms with van der Waals surface area (Å²) >= 11 is 2.34. The highest BCUT2D eigenvalue weighted by Crippen LogP contribution is 2.64. The van der Waals surface area contributed by atoms with E-state index in [1.807, 2.05) is 0 Å². The fourth-order valence-electron chi connectivity index (χ4n) is 2.42. The Bertz CT molecular complexity index is 1160. The molecule has 0 aliphatic heterocycles. The molecule has 0 heterocycles. The van der Waals surface area contributed by atoms with E-state index in [0.717, 1.165) is 0 Å². The topological polar surface area (TPSA) is 54.4 Å². The number of hydrogen-bond acceptors (Lipinski definition) is 2. The first-order valence-electron chi connectivity index (χ1n) is 10.0. The van der Waals surface area contributed by atoms with E-state index in [0.29, 0.717) is 5.41 Å². The van der Waals surface area contributed by atoms with Crippen molar-refractivity contribution in [2.24, 2.45) is 0 Å². The molecule has 0 spiro atoms. The molecule has 0 aliphatic rings. The Morgan fingerprint density at radius 1 is 0.610 bits per heavy atom. The van der Waals surface area contributed by atoms with Crippen LogP contribution in [0.1, 0.15) is 32.8 Å². The van der Waals surface area contributed by atoms with Gasteiger partial charge in [-0.3, -0.25) is 4.55 Å². The van der Waals surface area contributed by atoms with E-state index in [2.05, 4.69) is 67.6 Å². The zero-order valence-electron chi connectivity index (χ0n) is 20.0. The molecule has 242 valence electrons. The summed E-state index contributed by atoms with van der Waals surface area (Å²) in [5.41, 5.74) is 1.76. The second-order valence-electron chi connectivity index (χ2n) is 8.68. The van der Waals surface area contributed by atoms with Gasteiger partial charge in [-0.2, -0.15) is 83.1 Å². The van der Waals surface area contributed by atoms with Crippen LogP contribution in [0.15, 0.2) is 24.3 Å². The van der Waals surface area contributed by atoms with Gasteiger partial charge in [0.05, 0.1) is 0 Å². The summed E-state index contributed by atoms with van der Waals surface area (Å²) < 4.78 is 244. The predicted molar refractivity (Wildman–Crippen MR) is 115 cm³/mol. The SMILES string of the molecule is CCC(C)(C)c1ccc(I)cc1.O=S(=O)(O)C(F)(F)C(F)(F)C(F)(F)C(F)(F)C(F)(F)C(F)(F)C(F)(F)C(F)(F)F. The Balaban J connectivity index is 0.00000110. The molecule has 0 bridgehead atoms. The van der Waals surface area contributed by atoms with Crippen LogP contribution in [0.3, 0.4) is 0 Å². The van der Waals surface area contributed by atoms with Crippen molar-refractivity contribution in [3.63, 3.8) is 0 Å². The lowest BCUT2D eigenvalue weighted by Crippen LogP contribution is -2.74. The maximum atomic E-state index is 13.0. The molecule has 1 aromatic carbocycles. The molecule has 1 rings (SSSR count). The summed E-state index contributed by atoms with van der Waals surface area (Å²) in [5.74, 6) is -52.0. The van der Waals surface area contributed by atoms with Crippen LogP contribution < -0.4 is 0 Å². The molecule has 0 amide bonds. The molecule has 22 heteroatoms. The van der Waals surface area contributed by atoms with Crippen molar-refractivity contribution in [2.45, 2.75) is 79.6 Å². The van der Waals surface area contributed by atoms with Gasteiger partial charge >= 0.3 is 57.1 Å². The van der Waals surface area contributed by atoms with Gasteiger partial charge in [-0.1, -0.05) is 32.9 Å². The molecule has 0 saturated carbocycles. The summed E-state index contributed by atoms with van der Waals surface area (Å²) in [5, 5.41) is -7.84. The first-order valence-corrected chi connectivity index (χ1v) is 12.5. The smallest absolute Gasteiger partial charge is 0.281 e. The van der Waals surface area contributed by atoms with Gasteiger partial charge in [0.25, 0.3) is 0 Å². The van der Waals surface area contributed by atoms with Gasteiger partial charge in [0, 0.05) is 3.57 Å². The van der Waals surface area contributed by atoms with E-state index in [1.165, 1.54) is 15.6 Å². The minimum atomic E-state index is -8.89. The second kappa shape index (κ2) is 11.3. The highest BCUT2D eigenvalue weighted by atomic mass is 127. The van der Waals surface area contributed by atoms with Gasteiger partial charge in [-0.15, -0.1) is 0 Å². The third kappa shape index (κ3) is 6.47. The van der Waals surface area contributed by atoms with Crippen LogP contribution >= 0.6 is 22.6 Å². The number of rotatable bonds is 9. The van der Waals surface area contributed by atoms with Gasteiger partial charge in [-0.05, 0) is 52.1 Å². The fourth-order valence-corrected chi connectivity index (χ4v) is 3.23. The average molecular weight is 774 g/mol. The maximum Gasteiger partial charge on any atom is 0.460 e. The van der Waals surface area contributed by atoms with Gasteiger partial charge in [-0.25, -0.2) is 0 Å². The largest absolute Gasteiger partial charge is 0.460 e. The van der Waals surface area contributed by atoms with Crippen molar-refractivity contribution in [2.75, 3.05) is 0 Å². The summed E-state index contributed by atoms with van der Waals surface area (Å²) in [4.78, 5) is 0. The van der Waals surface area contributed by atoms with Crippen molar-refractivity contribution in [3.8, 4) is 0 Å². The standard InChI is InChI=1S/C11H15I.C8HF17O3S/c1-4-11(2,3)9-5-7-10(12)8-6-9;9-1(10,3(13,14)5(17,18)7(21,22)23)2(11,12)4(15,16)6(19,20)8(24,25)29(26,27)28/h5-8H,4H2,1-3H3;(H,26,27,28). The van der Waals surface area contributed by atoms with E-state index in [9.17, 15) is 83.1 Å². The molecule has 3 nitrogen and oxygen atoms in total. The predicted octanol–water partition coefficient (Wildman–Crippen LogP) is 8.82. The summed E-state index contributed by atoms with van der Waals surface area (Å²) in [6, 6.07) is 8.80. The maximum absolute atomic E-state index is 13.0. The van der Waals surface area contributed by atoms with Crippen molar-refractivity contribution >= 4 is 32.7 Å². The first-order chi connectivity index (χ1) is 17.6. The van der Waals surface area contributed by atoms with Crippen LogP contribution in [-0.4, -0.2) is 59.9 Å². The average Bonchev–Trinajstić information content (AvgIpc) is 2.77. The number of hydrogen-bond donors (Lipinski definition) is 1. The zero-order chi connectivity index (χ0) is 33.7. The normalized spacial score (nSPS) is 15.4. The lowest BCUT2D eigenvalue weighted by molar-refractivity contribution is -0.458. The molecule has 1 N–H and O–H groups in total. The van der Waals surface area contributed by atoms with E-state index < -0.39 is 57.1 Å². The molecule has 41 heavy (non-hydrogen) atoms. The Hall–Kier alpha value is -1.33. The molecule has 0 atom stereocenters. The van der Waals surface area contributed by atoms with Crippen molar-refractivity contribution < 1.29 is 87.6 Å². The molecule has 0 radical (unpaired) electrons. The fraction of sp³-hybridized carbons (Fsp3) is 0.684. The Morgan fingerprint density at radius 2 is 0.902 bits per heavy atom. The van der Waals surface area contributed by atoms with Crippen molar-refractivity contribution in [3.05, 3.63) is 33.4 Å². The molecule has 0 unspecified atom stereocenters. The van der Waals surface area contributed by atoms with E-state index in [-0.39, 0.29) is 0 Å². The lowest BCUT2D eigenvalue weighted by Gasteiger charge is -2.42. The molecular formula is C19H16F17IO3S. The highest BCUT2D eigenvalue weighted by molar-refractivity contribution is 14.1. The second-order valence-corrected chi connectivity index (χ2v) is 11.4. The number of halogens is 18. The summed E-state index contributed by atoms with van der Waals surface area (Å²) in [7, 11) is -7.89. The third-order valence-corrected chi connectivity index (χ3v) is 7.15. The Morgan fingerprint density at radius 3 is 1.17 bits per heavy atom. The highest BCUT2D eigenvalue weighted by Gasteiger charge is 2.96. The minimum Gasteiger partial charge on any atom is -0.281 e. The third-order valence-electron chi connectivity index (χ3n) is 5.53. The van der Waals surface area contributed by atoms with Crippen molar-refractivity contribution in [1.29, 1.82) is 0 Å². The lowest BCUT2D eigenvalue weighted by atomic mass is 9.82. The van der Waals surface area contributed by atoms with Gasteiger partial charge < -0.3 is 0 Å². The molecule has 0 aromatic heterocycles. The molecule has 1 aromatic rings. The van der Waals surface area contributed by atoms with E-state index >= 15 is 0 Å². The number of alkyl halides is 17. The number of benzene rings is 1. The van der Waals surface area contributed by atoms with Crippen LogP contribution in [0, 0.1) is 3.57 Å². The first kappa shape index (κ1) is 39.7. The van der Waals surface area contributed by atoms with Crippen molar-refractivity contribution in [1.82, 2.24) is 0 Å². The van der Waals surface area contributed by atoms with Crippen LogP contribution in [-0.2, 0) is 15.5 Å². The monoisotopic (exact) mass is 774 g/mol. The Labute approximate surface area is 233 Å². The molecule has 0 saturated heterocycles. The van der Waals surface area contributed by atoms with Crippen LogP contribution in [0.5, 0.6) is 0 Å². The summed E-state index contributed by atoms with van der Waals surface area (Å²) in [6.07, 6.45) is -6.69. The summed E-state index contributed by atoms with van der Waals surface area (Å²) in [6.45, 7) is 6.81. The molecule has 0 fully saturated rings. The van der Waals surface area contributed by atoms with Gasteiger partial charge in [0.15, 0.2) is 0 Å². The van der Waals surface area contributed by atoms with Gasteiger partial charge in [0.2, 0.25) is 0 Å². The van der Waals surface area contributed by atoms with Crippen LogP contribution in [0.2, 0.25) is 0 Å². The van der Waals surface area contributed by atoms with Crippen LogP contribution in [0.4, 0.5) is 74.6 Å². The van der Waals surface area contributed by atoms with E-state index in [4.69, 9.17) is 4.55 Å². The quantitative estimate of drug-likeness (QED) is 0.155. The van der Waals surface area contributed by atoms with Gasteiger partial charge in [0.1, 0.15) is 0 Å². The Kier molecular flexibility index (Phi) is 10.9. The molecule has 0 aliphatic carbocycles.